The number of methoxy groups -OCH3 is 1. The number of aromatic hydroxyl groups is 1. The second kappa shape index (κ2) is 4.86. The molecule has 1 aromatic rings. The molecule has 0 aliphatic rings. The molecule has 0 aliphatic heterocycles. The van der Waals surface area contributed by atoms with Crippen LogP contribution in [0.5, 0.6) is 11.5 Å². The number of nitrogens with two attached hydrogens (primary N) is 1. The first-order valence-electron chi connectivity index (χ1n) is 4.78. The van der Waals surface area contributed by atoms with Crippen molar-refractivity contribution in [1.29, 1.82) is 0 Å². The predicted molar refractivity (Wildman–Crippen MR) is 64.6 cm³/mol. The Labute approximate surface area is 98.4 Å². The van der Waals surface area contributed by atoms with Crippen molar-refractivity contribution in [3.63, 3.8) is 0 Å². The highest BCUT2D eigenvalue weighted by Gasteiger charge is 2.17. The van der Waals surface area contributed by atoms with Crippen LogP contribution in [0.15, 0.2) is 10.5 Å². The first-order valence-corrected chi connectivity index (χ1v) is 5.58. The fourth-order valence-electron chi connectivity index (χ4n) is 1.48. The summed E-state index contributed by atoms with van der Waals surface area (Å²) in [6, 6.07) is 1.89. The van der Waals surface area contributed by atoms with E-state index in [1.807, 2.05) is 19.9 Å². The van der Waals surface area contributed by atoms with Crippen LogP contribution in [0, 0.1) is 6.92 Å². The van der Waals surface area contributed by atoms with Gasteiger partial charge in [0.05, 0.1) is 7.11 Å². The lowest BCUT2D eigenvalue weighted by Gasteiger charge is -2.16. The van der Waals surface area contributed by atoms with Gasteiger partial charge in [0.1, 0.15) is 0 Å². The zero-order valence-electron chi connectivity index (χ0n) is 9.17. The molecule has 84 valence electrons. The summed E-state index contributed by atoms with van der Waals surface area (Å²) >= 11 is 3.44. The summed E-state index contributed by atoms with van der Waals surface area (Å²) in [5, 5.41) is 9.99. The van der Waals surface area contributed by atoms with Gasteiger partial charge in [-0.25, -0.2) is 0 Å². The van der Waals surface area contributed by atoms with Crippen LogP contribution in [0.1, 0.15) is 24.0 Å². The molecule has 3 N–H and O–H groups in total. The average Bonchev–Trinajstić information content (AvgIpc) is 2.23. The third-order valence-electron chi connectivity index (χ3n) is 2.56. The van der Waals surface area contributed by atoms with E-state index >= 15 is 0 Å². The number of benzene rings is 1. The van der Waals surface area contributed by atoms with Gasteiger partial charge in [0, 0.05) is 15.6 Å². The van der Waals surface area contributed by atoms with Crippen molar-refractivity contribution in [3.8, 4) is 11.5 Å². The van der Waals surface area contributed by atoms with E-state index < -0.39 is 0 Å². The number of halogens is 1. The second-order valence-electron chi connectivity index (χ2n) is 3.59. The maximum atomic E-state index is 9.99. The molecule has 15 heavy (non-hydrogen) atoms. The monoisotopic (exact) mass is 273 g/mol. The average molecular weight is 274 g/mol. The molecule has 0 bridgehead atoms. The zero-order chi connectivity index (χ0) is 11.6. The van der Waals surface area contributed by atoms with Crippen molar-refractivity contribution >= 4 is 15.9 Å². The second-order valence-corrected chi connectivity index (χ2v) is 4.45. The minimum absolute atomic E-state index is 0.107. The van der Waals surface area contributed by atoms with E-state index in [0.717, 1.165) is 15.6 Å². The lowest BCUT2D eigenvalue weighted by Crippen LogP contribution is -2.09. The van der Waals surface area contributed by atoms with Gasteiger partial charge in [0.15, 0.2) is 11.5 Å². The van der Waals surface area contributed by atoms with Crippen LogP contribution < -0.4 is 10.5 Å². The topological polar surface area (TPSA) is 55.5 Å². The van der Waals surface area contributed by atoms with E-state index in [1.165, 1.54) is 0 Å². The van der Waals surface area contributed by atoms with Gasteiger partial charge in [0.2, 0.25) is 0 Å². The molecule has 0 fully saturated rings. The molecule has 0 saturated carbocycles. The van der Waals surface area contributed by atoms with Crippen LogP contribution in [-0.2, 0) is 0 Å². The normalized spacial score (nSPS) is 12.6. The van der Waals surface area contributed by atoms with Crippen molar-refractivity contribution in [2.45, 2.75) is 19.8 Å². The van der Waals surface area contributed by atoms with Gasteiger partial charge in [0.25, 0.3) is 0 Å². The summed E-state index contributed by atoms with van der Waals surface area (Å²) in [6.07, 6.45) is 0. The zero-order valence-corrected chi connectivity index (χ0v) is 10.8. The Bertz CT molecular complexity index is 366. The molecule has 0 radical (unpaired) electrons. The van der Waals surface area contributed by atoms with Crippen molar-refractivity contribution in [1.82, 2.24) is 0 Å². The van der Waals surface area contributed by atoms with E-state index in [2.05, 4.69) is 15.9 Å². The number of rotatable bonds is 3. The maximum Gasteiger partial charge on any atom is 0.164 e. The van der Waals surface area contributed by atoms with Gasteiger partial charge in [-0.15, -0.1) is 0 Å². The number of phenolic OH excluding ortho intramolecular Hbond substituents is 1. The van der Waals surface area contributed by atoms with E-state index in [1.54, 1.807) is 7.11 Å². The predicted octanol–water partition coefficient (Wildman–Crippen LogP) is 2.53. The van der Waals surface area contributed by atoms with Crippen LogP contribution in [0.25, 0.3) is 0 Å². The molecule has 0 spiro atoms. The summed E-state index contributed by atoms with van der Waals surface area (Å²) in [4.78, 5) is 0. The molecule has 0 aliphatic carbocycles. The van der Waals surface area contributed by atoms with Gasteiger partial charge >= 0.3 is 0 Å². The van der Waals surface area contributed by atoms with Crippen molar-refractivity contribution in [3.05, 3.63) is 21.7 Å². The Morgan fingerprint density at radius 2 is 2.20 bits per heavy atom. The van der Waals surface area contributed by atoms with Gasteiger partial charge in [-0.3, -0.25) is 0 Å². The van der Waals surface area contributed by atoms with Crippen LogP contribution in [0.2, 0.25) is 0 Å². The summed E-state index contributed by atoms with van der Waals surface area (Å²) in [5.74, 6) is 0.812. The highest BCUT2D eigenvalue weighted by Crippen LogP contribution is 2.40. The first kappa shape index (κ1) is 12.3. The van der Waals surface area contributed by atoms with Crippen LogP contribution in [0.3, 0.4) is 0 Å². The van der Waals surface area contributed by atoms with Crippen molar-refractivity contribution in [2.75, 3.05) is 13.7 Å². The molecule has 1 rings (SSSR count). The third-order valence-corrected chi connectivity index (χ3v) is 3.38. The minimum Gasteiger partial charge on any atom is -0.504 e. The Kier molecular flexibility index (Phi) is 3.99. The lowest BCUT2D eigenvalue weighted by molar-refractivity contribution is 0.366. The molecule has 1 aromatic carbocycles. The van der Waals surface area contributed by atoms with E-state index in [-0.39, 0.29) is 11.7 Å². The molecule has 1 unspecified atom stereocenters. The molecule has 0 aromatic heterocycles. The van der Waals surface area contributed by atoms with Gasteiger partial charge < -0.3 is 15.6 Å². The number of hydrogen-bond acceptors (Lipinski definition) is 3. The van der Waals surface area contributed by atoms with Crippen LogP contribution in [-0.4, -0.2) is 18.8 Å². The summed E-state index contributed by atoms with van der Waals surface area (Å²) in [6.45, 7) is 4.35. The molecular weight excluding hydrogens is 258 g/mol. The highest BCUT2D eigenvalue weighted by molar-refractivity contribution is 9.10. The van der Waals surface area contributed by atoms with Gasteiger partial charge in [-0.2, -0.15) is 0 Å². The van der Waals surface area contributed by atoms with E-state index in [4.69, 9.17) is 10.5 Å². The standard InChI is InChI=1S/C11H16BrNO2/c1-6(5-13)8-4-9(12)7(2)11(15-3)10(8)14/h4,6,14H,5,13H2,1-3H3. The fraction of sp³-hybridized carbons (Fsp3) is 0.455. The van der Waals surface area contributed by atoms with Crippen LogP contribution in [0.4, 0.5) is 0 Å². The largest absolute Gasteiger partial charge is 0.504 e. The molecule has 4 heteroatoms. The Morgan fingerprint density at radius 1 is 1.60 bits per heavy atom. The molecule has 0 heterocycles. The third kappa shape index (κ3) is 2.26. The molecular formula is C11H16BrNO2. The van der Waals surface area contributed by atoms with Crippen LogP contribution >= 0.6 is 15.9 Å². The Balaban J connectivity index is 3.36. The van der Waals surface area contributed by atoms with Gasteiger partial charge in [-0.1, -0.05) is 22.9 Å². The number of hydrogen-bond donors (Lipinski definition) is 2. The summed E-state index contributed by atoms with van der Waals surface area (Å²) in [5.41, 5.74) is 7.29. The Hall–Kier alpha value is -0.740. The summed E-state index contributed by atoms with van der Waals surface area (Å²) < 4.78 is 6.09. The van der Waals surface area contributed by atoms with Crippen molar-refractivity contribution in [2.24, 2.45) is 5.73 Å². The Morgan fingerprint density at radius 3 is 2.67 bits per heavy atom. The highest BCUT2D eigenvalue weighted by atomic mass is 79.9. The fourth-order valence-corrected chi connectivity index (χ4v) is 1.91. The van der Waals surface area contributed by atoms with Crippen molar-refractivity contribution < 1.29 is 9.84 Å². The minimum atomic E-state index is 0.107. The lowest BCUT2D eigenvalue weighted by atomic mass is 9.98. The number of ether oxygens (including phenoxy) is 1. The smallest absolute Gasteiger partial charge is 0.164 e. The first-order chi connectivity index (χ1) is 7.02. The molecule has 0 amide bonds. The molecule has 1 atom stereocenters. The maximum absolute atomic E-state index is 9.99. The quantitative estimate of drug-likeness (QED) is 0.890. The molecule has 0 saturated heterocycles. The number of phenols is 1. The summed E-state index contributed by atoms with van der Waals surface area (Å²) in [7, 11) is 1.55. The SMILES string of the molecule is COc1c(C)c(Br)cc(C(C)CN)c1O. The van der Waals surface area contributed by atoms with E-state index in [9.17, 15) is 5.11 Å². The van der Waals surface area contributed by atoms with E-state index in [0.29, 0.717) is 12.3 Å². The molecule has 3 nitrogen and oxygen atoms in total. The van der Waals surface area contributed by atoms with Gasteiger partial charge in [-0.05, 0) is 25.5 Å².